The van der Waals surface area contributed by atoms with Crippen molar-refractivity contribution in [3.8, 4) is 0 Å². The van der Waals surface area contributed by atoms with Crippen molar-refractivity contribution in [3.63, 3.8) is 0 Å². The molecule has 0 bridgehead atoms. The zero-order valence-electron chi connectivity index (χ0n) is 10.1. The van der Waals surface area contributed by atoms with Crippen LogP contribution in [0.1, 0.15) is 32.6 Å². The molecule has 4 nitrogen and oxygen atoms in total. The summed E-state index contributed by atoms with van der Waals surface area (Å²) >= 11 is 0. The van der Waals surface area contributed by atoms with Gasteiger partial charge in [-0.15, -0.1) is 0 Å². The monoisotopic (exact) mass is 226 g/mol. The Morgan fingerprint density at radius 3 is 2.88 bits per heavy atom. The standard InChI is InChI=1S/C12H22N2O2/c1-12(4-7-16-8-5-12)9-14-11(15)10-3-2-6-13-10/h10,13H,2-9H2,1H3,(H,14,15)/t10-/m0/s1. The molecule has 0 aromatic carbocycles. The van der Waals surface area contributed by atoms with Crippen LogP contribution in [0.25, 0.3) is 0 Å². The van der Waals surface area contributed by atoms with E-state index in [1.54, 1.807) is 0 Å². The molecule has 0 aromatic heterocycles. The number of hydrogen-bond donors (Lipinski definition) is 2. The van der Waals surface area contributed by atoms with E-state index in [0.29, 0.717) is 0 Å². The summed E-state index contributed by atoms with van der Waals surface area (Å²) in [5.41, 5.74) is 0.229. The van der Waals surface area contributed by atoms with Crippen LogP contribution in [0, 0.1) is 5.41 Å². The van der Waals surface area contributed by atoms with Crippen molar-refractivity contribution in [2.45, 2.75) is 38.6 Å². The first-order valence-electron chi connectivity index (χ1n) is 6.28. The predicted molar refractivity (Wildman–Crippen MR) is 62.2 cm³/mol. The summed E-state index contributed by atoms with van der Waals surface area (Å²) in [7, 11) is 0. The van der Waals surface area contributed by atoms with E-state index in [2.05, 4.69) is 17.6 Å². The number of carbonyl (C=O) groups is 1. The highest BCUT2D eigenvalue weighted by Gasteiger charge is 2.29. The number of carbonyl (C=O) groups excluding carboxylic acids is 1. The Labute approximate surface area is 97.1 Å². The molecule has 2 heterocycles. The van der Waals surface area contributed by atoms with E-state index in [4.69, 9.17) is 4.74 Å². The number of nitrogens with one attached hydrogen (secondary N) is 2. The molecular formula is C12H22N2O2. The smallest absolute Gasteiger partial charge is 0.237 e. The molecule has 2 rings (SSSR count). The maximum absolute atomic E-state index is 11.8. The molecule has 2 aliphatic heterocycles. The van der Waals surface area contributed by atoms with Crippen LogP contribution in [0.15, 0.2) is 0 Å². The molecule has 2 fully saturated rings. The Balaban J connectivity index is 1.75. The van der Waals surface area contributed by atoms with Gasteiger partial charge in [0.15, 0.2) is 0 Å². The fourth-order valence-corrected chi connectivity index (χ4v) is 2.37. The van der Waals surface area contributed by atoms with Crippen LogP contribution in [-0.2, 0) is 9.53 Å². The third kappa shape index (κ3) is 2.95. The Bertz CT molecular complexity index is 243. The SMILES string of the molecule is CC1(CNC(=O)[C@@H]2CCCN2)CCOCC1. The van der Waals surface area contributed by atoms with Gasteiger partial charge in [-0.05, 0) is 37.6 Å². The molecule has 0 saturated carbocycles. The van der Waals surface area contributed by atoms with Crippen molar-refractivity contribution in [2.75, 3.05) is 26.3 Å². The lowest BCUT2D eigenvalue weighted by Gasteiger charge is -2.33. The van der Waals surface area contributed by atoms with Gasteiger partial charge >= 0.3 is 0 Å². The van der Waals surface area contributed by atoms with E-state index < -0.39 is 0 Å². The van der Waals surface area contributed by atoms with E-state index in [9.17, 15) is 4.79 Å². The Morgan fingerprint density at radius 1 is 1.50 bits per heavy atom. The normalized spacial score (nSPS) is 28.9. The van der Waals surface area contributed by atoms with Gasteiger partial charge in [0.25, 0.3) is 0 Å². The Hall–Kier alpha value is -0.610. The van der Waals surface area contributed by atoms with Crippen LogP contribution >= 0.6 is 0 Å². The summed E-state index contributed by atoms with van der Waals surface area (Å²) in [5, 5.41) is 6.30. The van der Waals surface area contributed by atoms with E-state index >= 15 is 0 Å². The lowest BCUT2D eigenvalue weighted by molar-refractivity contribution is -0.123. The molecule has 0 radical (unpaired) electrons. The van der Waals surface area contributed by atoms with Crippen LogP contribution < -0.4 is 10.6 Å². The quantitative estimate of drug-likeness (QED) is 0.743. The first-order chi connectivity index (χ1) is 7.70. The Kier molecular flexibility index (Phi) is 3.82. The maximum atomic E-state index is 11.8. The fourth-order valence-electron chi connectivity index (χ4n) is 2.37. The molecule has 1 atom stereocenters. The second-order valence-corrected chi connectivity index (χ2v) is 5.29. The largest absolute Gasteiger partial charge is 0.381 e. The van der Waals surface area contributed by atoms with Crippen molar-refractivity contribution in [1.82, 2.24) is 10.6 Å². The van der Waals surface area contributed by atoms with Crippen LogP contribution in [-0.4, -0.2) is 38.3 Å². The second-order valence-electron chi connectivity index (χ2n) is 5.29. The summed E-state index contributed by atoms with van der Waals surface area (Å²) in [6, 6.07) is 0.0449. The first-order valence-corrected chi connectivity index (χ1v) is 6.28. The van der Waals surface area contributed by atoms with Crippen molar-refractivity contribution in [1.29, 1.82) is 0 Å². The van der Waals surface area contributed by atoms with Gasteiger partial charge in [-0.25, -0.2) is 0 Å². The minimum Gasteiger partial charge on any atom is -0.381 e. The first kappa shape index (κ1) is 11.9. The van der Waals surface area contributed by atoms with Gasteiger partial charge in [0.2, 0.25) is 5.91 Å². The molecular weight excluding hydrogens is 204 g/mol. The zero-order chi connectivity index (χ0) is 11.4. The highest BCUT2D eigenvalue weighted by molar-refractivity contribution is 5.82. The summed E-state index contributed by atoms with van der Waals surface area (Å²) in [6.07, 6.45) is 4.19. The maximum Gasteiger partial charge on any atom is 0.237 e. The molecule has 2 N–H and O–H groups in total. The van der Waals surface area contributed by atoms with Gasteiger partial charge in [0, 0.05) is 19.8 Å². The van der Waals surface area contributed by atoms with Crippen LogP contribution in [0.3, 0.4) is 0 Å². The average Bonchev–Trinajstić information content (AvgIpc) is 2.80. The third-order valence-electron chi connectivity index (χ3n) is 3.77. The van der Waals surface area contributed by atoms with E-state index in [1.165, 1.54) is 0 Å². The van der Waals surface area contributed by atoms with E-state index in [0.717, 1.165) is 52.0 Å². The number of amides is 1. The van der Waals surface area contributed by atoms with Gasteiger partial charge in [-0.3, -0.25) is 4.79 Å². The van der Waals surface area contributed by atoms with Crippen LogP contribution in [0.2, 0.25) is 0 Å². The molecule has 0 unspecified atom stereocenters. The highest BCUT2D eigenvalue weighted by atomic mass is 16.5. The lowest BCUT2D eigenvalue weighted by Crippen LogP contribution is -2.45. The minimum atomic E-state index is 0.0449. The summed E-state index contributed by atoms with van der Waals surface area (Å²) in [4.78, 5) is 11.8. The molecule has 92 valence electrons. The fraction of sp³-hybridized carbons (Fsp3) is 0.917. The molecule has 2 aliphatic rings. The van der Waals surface area contributed by atoms with Crippen molar-refractivity contribution >= 4 is 5.91 Å². The number of rotatable bonds is 3. The summed E-state index contributed by atoms with van der Waals surface area (Å²) < 4.78 is 5.35. The van der Waals surface area contributed by atoms with Gasteiger partial charge in [0.1, 0.15) is 0 Å². The summed E-state index contributed by atoms with van der Waals surface area (Å²) in [6.45, 7) is 5.65. The van der Waals surface area contributed by atoms with Crippen LogP contribution in [0.5, 0.6) is 0 Å². The van der Waals surface area contributed by atoms with Crippen molar-refractivity contribution in [2.24, 2.45) is 5.41 Å². The molecule has 16 heavy (non-hydrogen) atoms. The molecule has 2 saturated heterocycles. The minimum absolute atomic E-state index is 0.0449. The number of hydrogen-bond acceptors (Lipinski definition) is 3. The highest BCUT2D eigenvalue weighted by Crippen LogP contribution is 2.28. The van der Waals surface area contributed by atoms with E-state index in [1.807, 2.05) is 0 Å². The van der Waals surface area contributed by atoms with Crippen LogP contribution in [0.4, 0.5) is 0 Å². The van der Waals surface area contributed by atoms with Gasteiger partial charge in [-0.1, -0.05) is 6.92 Å². The molecule has 0 aliphatic carbocycles. The molecule has 0 aromatic rings. The van der Waals surface area contributed by atoms with Crippen molar-refractivity contribution in [3.05, 3.63) is 0 Å². The van der Waals surface area contributed by atoms with E-state index in [-0.39, 0.29) is 17.4 Å². The van der Waals surface area contributed by atoms with Gasteiger partial charge in [-0.2, -0.15) is 0 Å². The molecule has 0 spiro atoms. The van der Waals surface area contributed by atoms with Gasteiger partial charge in [0.05, 0.1) is 6.04 Å². The van der Waals surface area contributed by atoms with Gasteiger partial charge < -0.3 is 15.4 Å². The zero-order valence-corrected chi connectivity index (χ0v) is 10.1. The summed E-state index contributed by atoms with van der Waals surface area (Å²) in [5.74, 6) is 0.171. The number of ether oxygens (including phenoxy) is 1. The average molecular weight is 226 g/mol. The third-order valence-corrected chi connectivity index (χ3v) is 3.77. The molecule has 4 heteroatoms. The predicted octanol–water partition coefficient (Wildman–Crippen LogP) is 0.671. The lowest BCUT2D eigenvalue weighted by atomic mass is 9.82. The second kappa shape index (κ2) is 5.15. The topological polar surface area (TPSA) is 50.4 Å². The Morgan fingerprint density at radius 2 is 2.25 bits per heavy atom. The van der Waals surface area contributed by atoms with Crippen molar-refractivity contribution < 1.29 is 9.53 Å². The molecule has 1 amide bonds.